The molecule has 0 bridgehead atoms. The molecule has 168 valence electrons. The first-order valence-corrected chi connectivity index (χ1v) is 11.8. The number of nitrogens with zero attached hydrogens (tertiary/aromatic N) is 3. The molecule has 4 aromatic rings. The number of hydrogen-bond donors (Lipinski definition) is 2. The highest BCUT2D eigenvalue weighted by Gasteiger charge is 2.20. The average Bonchev–Trinajstić information content (AvgIpc) is 3.49. The van der Waals surface area contributed by atoms with Gasteiger partial charge in [0.2, 0.25) is 5.95 Å². The average molecular weight is 482 g/mol. The smallest absolute Gasteiger partial charge is 0.263 e. The van der Waals surface area contributed by atoms with Crippen LogP contribution in [0.5, 0.6) is 5.75 Å². The van der Waals surface area contributed by atoms with E-state index in [2.05, 4.69) is 20.4 Å². The van der Waals surface area contributed by atoms with Crippen LogP contribution in [0.1, 0.15) is 24.1 Å². The zero-order valence-corrected chi connectivity index (χ0v) is 19.1. The summed E-state index contributed by atoms with van der Waals surface area (Å²) in [5.41, 5.74) is 2.03. The largest absolute Gasteiger partial charge is 0.484 e. The topological polar surface area (TPSA) is 102 Å². The Morgan fingerprint density at radius 3 is 2.82 bits per heavy atom. The number of carbonyl (C=O) groups is 1. The Labute approximate surface area is 198 Å². The van der Waals surface area contributed by atoms with Crippen molar-refractivity contribution in [3.05, 3.63) is 74.5 Å². The van der Waals surface area contributed by atoms with Gasteiger partial charge >= 0.3 is 0 Å². The summed E-state index contributed by atoms with van der Waals surface area (Å²) in [5.74, 6) is 0.826. The first-order valence-electron chi connectivity index (χ1n) is 10.5. The molecule has 0 radical (unpaired) electrons. The summed E-state index contributed by atoms with van der Waals surface area (Å²) >= 11 is 7.41. The van der Waals surface area contributed by atoms with E-state index in [-0.39, 0.29) is 24.0 Å². The van der Waals surface area contributed by atoms with Gasteiger partial charge in [0, 0.05) is 16.7 Å². The molecule has 33 heavy (non-hydrogen) atoms. The minimum absolute atomic E-state index is 0.161. The lowest BCUT2D eigenvalue weighted by Gasteiger charge is -2.15. The summed E-state index contributed by atoms with van der Waals surface area (Å²) in [7, 11) is 0. The second-order valence-corrected chi connectivity index (χ2v) is 9.00. The number of aryl methyl sites for hydroxylation is 1. The third-order valence-electron chi connectivity index (χ3n) is 5.31. The van der Waals surface area contributed by atoms with Crippen molar-refractivity contribution >= 4 is 34.7 Å². The van der Waals surface area contributed by atoms with Crippen molar-refractivity contribution in [1.29, 1.82) is 0 Å². The van der Waals surface area contributed by atoms with Crippen molar-refractivity contribution in [1.82, 2.24) is 19.7 Å². The van der Waals surface area contributed by atoms with Gasteiger partial charge in [0.15, 0.2) is 6.61 Å². The van der Waals surface area contributed by atoms with E-state index in [4.69, 9.17) is 16.3 Å². The first-order chi connectivity index (χ1) is 16.1. The first kappa shape index (κ1) is 21.4. The van der Waals surface area contributed by atoms with Crippen molar-refractivity contribution in [2.75, 3.05) is 11.9 Å². The van der Waals surface area contributed by atoms with Gasteiger partial charge in [0.05, 0.1) is 10.6 Å². The Kier molecular flexibility index (Phi) is 5.97. The summed E-state index contributed by atoms with van der Waals surface area (Å²) in [4.78, 5) is 33.7. The van der Waals surface area contributed by atoms with Crippen LogP contribution < -0.4 is 15.6 Å². The van der Waals surface area contributed by atoms with E-state index in [9.17, 15) is 9.59 Å². The number of aromatic nitrogens is 4. The van der Waals surface area contributed by atoms with Crippen molar-refractivity contribution in [2.45, 2.75) is 25.7 Å². The van der Waals surface area contributed by atoms with E-state index in [1.807, 2.05) is 17.5 Å². The molecule has 1 aliphatic carbocycles. The van der Waals surface area contributed by atoms with E-state index in [0.717, 1.165) is 41.8 Å². The SMILES string of the molecule is O=C(COc1ccc(Cl)cc1)Nc1cc(-c2cccs2)nn1-c1nc2c(c(=O)[nH]1)CCCC2. The lowest BCUT2D eigenvalue weighted by molar-refractivity contribution is -0.118. The molecule has 0 spiro atoms. The predicted octanol–water partition coefficient (Wildman–Crippen LogP) is 4.23. The molecule has 1 aliphatic rings. The number of rotatable bonds is 6. The molecule has 0 saturated heterocycles. The molecular formula is C23H20ClN5O3S. The van der Waals surface area contributed by atoms with Crippen molar-refractivity contribution in [3.8, 4) is 22.3 Å². The van der Waals surface area contributed by atoms with E-state index < -0.39 is 0 Å². The van der Waals surface area contributed by atoms with E-state index in [1.54, 1.807) is 30.3 Å². The minimum Gasteiger partial charge on any atom is -0.484 e. The molecule has 0 fully saturated rings. The summed E-state index contributed by atoms with van der Waals surface area (Å²) in [6.45, 7) is -0.199. The number of amides is 1. The molecule has 0 unspecified atom stereocenters. The number of nitrogens with one attached hydrogen (secondary N) is 2. The minimum atomic E-state index is -0.371. The highest BCUT2D eigenvalue weighted by atomic mass is 35.5. The summed E-state index contributed by atoms with van der Waals surface area (Å²) in [6, 6.07) is 12.4. The van der Waals surface area contributed by atoms with Gasteiger partial charge in [0.25, 0.3) is 11.5 Å². The molecule has 3 aromatic heterocycles. The second kappa shape index (κ2) is 9.21. The number of fused-ring (bicyclic) bond motifs is 1. The van der Waals surface area contributed by atoms with Crippen molar-refractivity contribution in [3.63, 3.8) is 0 Å². The molecule has 0 aliphatic heterocycles. The number of ether oxygens (including phenoxy) is 1. The fraction of sp³-hybridized carbons (Fsp3) is 0.217. The molecule has 8 nitrogen and oxygen atoms in total. The van der Waals surface area contributed by atoms with E-state index in [0.29, 0.717) is 22.3 Å². The maximum Gasteiger partial charge on any atom is 0.263 e. The van der Waals surface area contributed by atoms with Gasteiger partial charge in [-0.2, -0.15) is 9.78 Å². The normalized spacial score (nSPS) is 12.9. The third-order valence-corrected chi connectivity index (χ3v) is 6.46. The van der Waals surface area contributed by atoms with E-state index in [1.165, 1.54) is 16.0 Å². The van der Waals surface area contributed by atoms with Gasteiger partial charge in [-0.3, -0.25) is 14.6 Å². The number of benzene rings is 1. The Morgan fingerprint density at radius 2 is 2.03 bits per heavy atom. The van der Waals surface area contributed by atoms with Crippen LogP contribution >= 0.6 is 22.9 Å². The van der Waals surface area contributed by atoms with Crippen LogP contribution in [0.15, 0.2) is 52.6 Å². The van der Waals surface area contributed by atoms with Crippen LogP contribution in [-0.2, 0) is 17.6 Å². The van der Waals surface area contributed by atoms with Crippen LogP contribution in [0.3, 0.4) is 0 Å². The zero-order valence-electron chi connectivity index (χ0n) is 17.5. The highest BCUT2D eigenvalue weighted by Crippen LogP contribution is 2.28. The number of hydrogen-bond acceptors (Lipinski definition) is 6. The molecule has 0 saturated carbocycles. The molecule has 5 rings (SSSR count). The lowest BCUT2D eigenvalue weighted by atomic mass is 9.97. The van der Waals surface area contributed by atoms with Crippen molar-refractivity contribution in [2.24, 2.45) is 0 Å². The molecule has 1 amide bonds. The molecule has 1 aromatic carbocycles. The fourth-order valence-corrected chi connectivity index (χ4v) is 4.53. The zero-order chi connectivity index (χ0) is 22.8. The van der Waals surface area contributed by atoms with Gasteiger partial charge < -0.3 is 10.1 Å². The Balaban J connectivity index is 1.44. The number of halogens is 1. The van der Waals surface area contributed by atoms with Crippen LogP contribution in [0.4, 0.5) is 5.82 Å². The number of thiophene rings is 1. The fourth-order valence-electron chi connectivity index (χ4n) is 3.73. The Hall–Kier alpha value is -3.43. The van der Waals surface area contributed by atoms with Gasteiger partial charge in [-0.05, 0) is 61.4 Å². The molecule has 0 atom stereocenters. The quantitative estimate of drug-likeness (QED) is 0.429. The van der Waals surface area contributed by atoms with Gasteiger partial charge in [-0.1, -0.05) is 17.7 Å². The van der Waals surface area contributed by atoms with Crippen molar-refractivity contribution < 1.29 is 9.53 Å². The highest BCUT2D eigenvalue weighted by molar-refractivity contribution is 7.13. The van der Waals surface area contributed by atoms with Gasteiger partial charge in [0.1, 0.15) is 17.3 Å². The monoisotopic (exact) mass is 481 g/mol. The predicted molar refractivity (Wildman–Crippen MR) is 128 cm³/mol. The van der Waals surface area contributed by atoms with Gasteiger partial charge in [-0.15, -0.1) is 11.3 Å². The second-order valence-electron chi connectivity index (χ2n) is 7.62. The summed E-state index contributed by atoms with van der Waals surface area (Å²) < 4.78 is 7.01. The standard InChI is InChI=1S/C23H20ClN5O3S/c24-14-7-9-15(10-8-14)32-13-21(30)26-20-12-18(19-6-3-11-33-19)28-29(20)23-25-17-5-2-1-4-16(17)22(31)27-23/h3,6-12H,1-2,4-5,13H2,(H,26,30)(H,25,27,31). The molecule has 2 N–H and O–H groups in total. The van der Waals surface area contributed by atoms with Crippen LogP contribution in [0.25, 0.3) is 16.5 Å². The maximum atomic E-state index is 12.7. The van der Waals surface area contributed by atoms with E-state index >= 15 is 0 Å². The van der Waals surface area contributed by atoms with Crippen LogP contribution in [-0.4, -0.2) is 32.3 Å². The molecular weight excluding hydrogens is 462 g/mol. The summed E-state index contributed by atoms with van der Waals surface area (Å²) in [6.07, 6.45) is 3.45. The Bertz CT molecular complexity index is 1350. The number of aromatic amines is 1. The lowest BCUT2D eigenvalue weighted by Crippen LogP contribution is -2.26. The summed E-state index contributed by atoms with van der Waals surface area (Å²) in [5, 5.41) is 9.98. The number of carbonyl (C=O) groups excluding carboxylic acids is 1. The third kappa shape index (κ3) is 4.69. The number of H-pyrrole nitrogens is 1. The Morgan fingerprint density at radius 1 is 1.21 bits per heavy atom. The molecule has 3 heterocycles. The van der Waals surface area contributed by atoms with Crippen LogP contribution in [0.2, 0.25) is 5.02 Å². The maximum absolute atomic E-state index is 12.7. The molecule has 10 heteroatoms. The van der Waals surface area contributed by atoms with Crippen LogP contribution in [0, 0.1) is 0 Å². The number of anilines is 1. The van der Waals surface area contributed by atoms with Gasteiger partial charge in [-0.25, -0.2) is 4.98 Å².